The lowest BCUT2D eigenvalue weighted by Gasteiger charge is -2.06. The Balaban J connectivity index is 1.96. The van der Waals surface area contributed by atoms with Gasteiger partial charge in [0.1, 0.15) is 0 Å². The highest BCUT2D eigenvalue weighted by Crippen LogP contribution is 2.28. The fourth-order valence-electron chi connectivity index (χ4n) is 1.63. The molecule has 0 atom stereocenters. The molecule has 0 N–H and O–H groups in total. The summed E-state index contributed by atoms with van der Waals surface area (Å²) in [4.78, 5) is 0.0434. The third kappa shape index (κ3) is 3.77. The molecule has 7 heteroatoms. The molecule has 1 aliphatic rings. The number of hydrogen-bond acceptors (Lipinski definition) is 5. The number of rotatable bonds is 6. The first-order valence-electron chi connectivity index (χ1n) is 5.99. The van der Waals surface area contributed by atoms with Gasteiger partial charge in [0, 0.05) is 0 Å². The molecule has 0 radical (unpaired) electrons. The van der Waals surface area contributed by atoms with Crippen LogP contribution in [0.2, 0.25) is 0 Å². The van der Waals surface area contributed by atoms with E-state index < -0.39 is 20.0 Å². The first kappa shape index (κ1) is 14.5. The minimum Gasteiger partial charge on any atom is -0.265 e. The molecule has 5 nitrogen and oxygen atoms in total. The standard InChI is InChI=1S/C12H16O5S2/c1-10-2-4-12(5-3-10)19(15,16)17-8-9-18(13,14)11-6-7-11/h2-5,11H,6-9H2,1H3. The second-order valence-electron chi connectivity index (χ2n) is 4.66. The van der Waals surface area contributed by atoms with Crippen molar-refractivity contribution < 1.29 is 21.0 Å². The van der Waals surface area contributed by atoms with Gasteiger partial charge in [-0.2, -0.15) is 8.42 Å². The van der Waals surface area contributed by atoms with Crippen molar-refractivity contribution in [1.82, 2.24) is 0 Å². The second-order valence-corrected chi connectivity index (χ2v) is 8.67. The van der Waals surface area contributed by atoms with E-state index in [4.69, 9.17) is 4.18 Å². The van der Waals surface area contributed by atoms with Crippen molar-refractivity contribution >= 4 is 20.0 Å². The van der Waals surface area contributed by atoms with Crippen LogP contribution < -0.4 is 0 Å². The molecule has 1 aliphatic carbocycles. The Kier molecular flexibility index (Phi) is 3.98. The van der Waals surface area contributed by atoms with Crippen molar-refractivity contribution in [1.29, 1.82) is 0 Å². The van der Waals surface area contributed by atoms with Gasteiger partial charge in [0.05, 0.1) is 22.5 Å². The summed E-state index contributed by atoms with van der Waals surface area (Å²) in [5, 5.41) is -0.293. The summed E-state index contributed by atoms with van der Waals surface area (Å²) in [6, 6.07) is 6.22. The molecule has 1 saturated carbocycles. The average molecular weight is 304 g/mol. The number of hydrogen-bond donors (Lipinski definition) is 0. The predicted molar refractivity (Wildman–Crippen MR) is 71.1 cm³/mol. The van der Waals surface area contributed by atoms with Crippen molar-refractivity contribution in [2.24, 2.45) is 0 Å². The van der Waals surface area contributed by atoms with E-state index in [0.29, 0.717) is 12.8 Å². The molecule has 1 aromatic carbocycles. The maximum atomic E-state index is 11.8. The minimum absolute atomic E-state index is 0.0434. The maximum absolute atomic E-state index is 11.8. The molecule has 0 heterocycles. The molecule has 0 aromatic heterocycles. The highest BCUT2D eigenvalue weighted by Gasteiger charge is 2.35. The van der Waals surface area contributed by atoms with E-state index in [1.807, 2.05) is 6.92 Å². The summed E-state index contributed by atoms with van der Waals surface area (Å²) in [5.74, 6) is -0.247. The van der Waals surface area contributed by atoms with Gasteiger partial charge in [-0.3, -0.25) is 4.18 Å². The number of benzene rings is 1. The molecule has 0 aliphatic heterocycles. The van der Waals surface area contributed by atoms with Crippen LogP contribution in [0.25, 0.3) is 0 Å². The van der Waals surface area contributed by atoms with Gasteiger partial charge in [0.25, 0.3) is 10.1 Å². The average Bonchev–Trinajstić information content (AvgIpc) is 3.13. The first-order valence-corrected chi connectivity index (χ1v) is 9.11. The van der Waals surface area contributed by atoms with Gasteiger partial charge in [-0.1, -0.05) is 17.7 Å². The Morgan fingerprint density at radius 3 is 2.21 bits per heavy atom. The first-order chi connectivity index (χ1) is 8.81. The molecule has 0 saturated heterocycles. The quantitative estimate of drug-likeness (QED) is 0.740. The van der Waals surface area contributed by atoms with Crippen LogP contribution in [0.5, 0.6) is 0 Å². The summed E-state index contributed by atoms with van der Waals surface area (Å²) in [6.45, 7) is 1.52. The number of aryl methyl sites for hydroxylation is 1. The van der Waals surface area contributed by atoms with Gasteiger partial charge in [-0.25, -0.2) is 8.42 Å². The van der Waals surface area contributed by atoms with Gasteiger partial charge < -0.3 is 0 Å². The summed E-state index contributed by atoms with van der Waals surface area (Å²) in [7, 11) is -7.06. The Morgan fingerprint density at radius 2 is 1.68 bits per heavy atom. The number of sulfone groups is 1. The van der Waals surface area contributed by atoms with Gasteiger partial charge in [0.15, 0.2) is 9.84 Å². The van der Waals surface area contributed by atoms with E-state index >= 15 is 0 Å². The van der Waals surface area contributed by atoms with E-state index in [2.05, 4.69) is 0 Å². The van der Waals surface area contributed by atoms with Crippen LogP contribution in [0.1, 0.15) is 18.4 Å². The van der Waals surface area contributed by atoms with Crippen molar-refractivity contribution in [3.05, 3.63) is 29.8 Å². The van der Waals surface area contributed by atoms with Gasteiger partial charge in [-0.15, -0.1) is 0 Å². The van der Waals surface area contributed by atoms with E-state index in [9.17, 15) is 16.8 Å². The molecule has 2 rings (SSSR count). The third-order valence-corrected chi connectivity index (χ3v) is 6.50. The third-order valence-electron chi connectivity index (χ3n) is 2.95. The molecule has 19 heavy (non-hydrogen) atoms. The highest BCUT2D eigenvalue weighted by molar-refractivity contribution is 7.92. The Bertz CT molecular complexity index is 640. The van der Waals surface area contributed by atoms with Crippen LogP contribution in [-0.4, -0.2) is 34.4 Å². The molecule has 0 amide bonds. The van der Waals surface area contributed by atoms with E-state index in [1.54, 1.807) is 12.1 Å². The van der Waals surface area contributed by atoms with Crippen LogP contribution in [0.15, 0.2) is 29.2 Å². The van der Waals surface area contributed by atoms with Crippen molar-refractivity contribution in [3.63, 3.8) is 0 Å². The minimum atomic E-state index is -3.87. The predicted octanol–water partition coefficient (Wildman–Crippen LogP) is 1.28. The maximum Gasteiger partial charge on any atom is 0.297 e. The Labute approximate surface area is 113 Å². The normalized spacial score (nSPS) is 16.5. The summed E-state index contributed by atoms with van der Waals surface area (Å²) < 4.78 is 51.5. The van der Waals surface area contributed by atoms with E-state index in [1.165, 1.54) is 12.1 Å². The lowest BCUT2D eigenvalue weighted by molar-refractivity contribution is 0.338. The van der Waals surface area contributed by atoms with Gasteiger partial charge in [-0.05, 0) is 31.9 Å². The Hall–Kier alpha value is -0.920. The molecule has 106 valence electrons. The molecular weight excluding hydrogens is 288 g/mol. The molecule has 0 bridgehead atoms. The largest absolute Gasteiger partial charge is 0.297 e. The van der Waals surface area contributed by atoms with Gasteiger partial charge >= 0.3 is 0 Å². The lowest BCUT2D eigenvalue weighted by Crippen LogP contribution is -2.18. The van der Waals surface area contributed by atoms with Crippen LogP contribution in [0.3, 0.4) is 0 Å². The molecule has 1 aromatic rings. The molecule has 0 spiro atoms. The van der Waals surface area contributed by atoms with E-state index in [-0.39, 0.29) is 22.5 Å². The molecule has 0 unspecified atom stereocenters. The summed E-state index contributed by atoms with van der Waals surface area (Å²) in [6.07, 6.45) is 1.35. The van der Waals surface area contributed by atoms with Crippen molar-refractivity contribution in [2.45, 2.75) is 29.9 Å². The topological polar surface area (TPSA) is 77.5 Å². The second kappa shape index (κ2) is 5.22. The zero-order valence-corrected chi connectivity index (χ0v) is 12.2. The van der Waals surface area contributed by atoms with Crippen molar-refractivity contribution in [3.8, 4) is 0 Å². The highest BCUT2D eigenvalue weighted by atomic mass is 32.2. The monoisotopic (exact) mass is 304 g/mol. The van der Waals surface area contributed by atoms with Crippen molar-refractivity contribution in [2.75, 3.05) is 12.4 Å². The van der Waals surface area contributed by atoms with Gasteiger partial charge in [0.2, 0.25) is 0 Å². The Morgan fingerprint density at radius 1 is 1.11 bits per heavy atom. The fourth-order valence-corrected chi connectivity index (χ4v) is 4.14. The fraction of sp³-hybridized carbons (Fsp3) is 0.500. The summed E-state index contributed by atoms with van der Waals surface area (Å²) in [5.41, 5.74) is 0.940. The smallest absolute Gasteiger partial charge is 0.265 e. The van der Waals surface area contributed by atoms with Crippen LogP contribution >= 0.6 is 0 Å². The zero-order chi connectivity index (χ0) is 14.1. The summed E-state index contributed by atoms with van der Waals surface area (Å²) >= 11 is 0. The van der Waals surface area contributed by atoms with Crippen LogP contribution in [0.4, 0.5) is 0 Å². The van der Waals surface area contributed by atoms with Crippen LogP contribution in [-0.2, 0) is 24.1 Å². The lowest BCUT2D eigenvalue weighted by atomic mass is 10.2. The van der Waals surface area contributed by atoms with Crippen LogP contribution in [0, 0.1) is 6.92 Å². The SMILES string of the molecule is Cc1ccc(S(=O)(=O)OCCS(=O)(=O)C2CC2)cc1. The van der Waals surface area contributed by atoms with E-state index in [0.717, 1.165) is 5.56 Å². The molecular formula is C12H16O5S2. The molecule has 1 fully saturated rings. The zero-order valence-electron chi connectivity index (χ0n) is 10.6.